The third kappa shape index (κ3) is 3.95. The predicted octanol–water partition coefficient (Wildman–Crippen LogP) is 2.45. The van der Waals surface area contributed by atoms with E-state index in [1.54, 1.807) is 49.4 Å². The van der Waals surface area contributed by atoms with Crippen molar-refractivity contribution in [2.75, 3.05) is 13.3 Å². The van der Waals surface area contributed by atoms with E-state index in [-0.39, 0.29) is 12.1 Å². The molecular weight excluding hydrogens is 400 g/mol. The van der Waals surface area contributed by atoms with E-state index >= 15 is 0 Å². The largest absolute Gasteiger partial charge is 0.322 e. The Hall–Kier alpha value is -2.26. The summed E-state index contributed by atoms with van der Waals surface area (Å²) < 4.78 is 26.1. The Bertz CT molecular complexity index is 1210. The van der Waals surface area contributed by atoms with E-state index in [0.717, 1.165) is 11.8 Å². The fourth-order valence-corrected chi connectivity index (χ4v) is 3.56. The van der Waals surface area contributed by atoms with Crippen molar-refractivity contribution in [1.29, 1.82) is 0 Å². The number of aromatic nitrogens is 2. The van der Waals surface area contributed by atoms with Crippen LogP contribution in [0.2, 0.25) is 5.02 Å². The minimum atomic E-state index is -3.33. The van der Waals surface area contributed by atoms with E-state index in [0.29, 0.717) is 27.4 Å². The number of fused-ring (bicyclic) bond motifs is 1. The summed E-state index contributed by atoms with van der Waals surface area (Å²) in [4.78, 5) is 17.8. The van der Waals surface area contributed by atoms with E-state index < -0.39 is 16.1 Å². The van der Waals surface area contributed by atoms with Crippen LogP contribution in [0.25, 0.3) is 16.6 Å². The smallest absolute Gasteiger partial charge is 0.267 e. The number of rotatable bonds is 5. The fraction of sp³-hybridized carbons (Fsp3) is 0.263. The molecule has 1 atom stereocenters. The summed E-state index contributed by atoms with van der Waals surface area (Å²) in [6.07, 6.45) is 1.14. The molecule has 0 saturated heterocycles. The van der Waals surface area contributed by atoms with E-state index in [2.05, 4.69) is 4.98 Å². The summed E-state index contributed by atoms with van der Waals surface area (Å²) in [6, 6.07) is 11.6. The first kappa shape index (κ1) is 20.5. The van der Waals surface area contributed by atoms with Crippen LogP contribution in [-0.2, 0) is 16.6 Å². The van der Waals surface area contributed by atoms with Crippen LogP contribution in [0.5, 0.6) is 0 Å². The van der Waals surface area contributed by atoms with Crippen molar-refractivity contribution in [3.05, 3.63) is 69.2 Å². The number of nitrogens with zero attached hydrogens (tertiary/aromatic N) is 3. The Balaban J connectivity index is 2.22. The van der Waals surface area contributed by atoms with Gasteiger partial charge >= 0.3 is 0 Å². The lowest BCUT2D eigenvalue weighted by Gasteiger charge is -2.18. The molecular formula is C19H21ClN4O3S. The number of nitrogens with two attached hydrogens (primary N) is 1. The highest BCUT2D eigenvalue weighted by atomic mass is 35.5. The molecule has 0 aliphatic carbocycles. The summed E-state index contributed by atoms with van der Waals surface area (Å²) in [5, 5.41) is 0.625. The van der Waals surface area contributed by atoms with Crippen LogP contribution in [0.3, 0.4) is 0 Å². The molecule has 0 bridgehead atoms. The second-order valence-corrected chi connectivity index (χ2v) is 9.22. The van der Waals surface area contributed by atoms with Crippen LogP contribution >= 0.6 is 11.6 Å². The van der Waals surface area contributed by atoms with Crippen LogP contribution in [0, 0.1) is 0 Å². The summed E-state index contributed by atoms with van der Waals surface area (Å²) in [6.45, 7) is 1.92. The average molecular weight is 421 g/mol. The lowest BCUT2D eigenvalue weighted by atomic mass is 10.1. The number of halogens is 1. The standard InChI is InChI=1S/C19H21ClN4O3S/c1-12(21)18-22-16-9-5-8-15(20)17(16)19(25)24(18)14-7-4-6-13(10-14)11-23(2)28(3,26)27/h4-10,12H,11,21H2,1-3H3. The molecule has 0 aliphatic rings. The maximum atomic E-state index is 13.2. The molecule has 0 aliphatic heterocycles. The molecule has 1 heterocycles. The van der Waals surface area contributed by atoms with Gasteiger partial charge in [-0.1, -0.05) is 29.8 Å². The topological polar surface area (TPSA) is 98.3 Å². The Kier molecular flexibility index (Phi) is 5.58. The van der Waals surface area contributed by atoms with Gasteiger partial charge in [-0.15, -0.1) is 0 Å². The third-order valence-corrected chi connectivity index (χ3v) is 6.00. The highest BCUT2D eigenvalue weighted by molar-refractivity contribution is 7.88. The first-order valence-electron chi connectivity index (χ1n) is 8.57. The van der Waals surface area contributed by atoms with Crippen molar-refractivity contribution in [3.8, 4) is 5.69 Å². The van der Waals surface area contributed by atoms with Crippen molar-refractivity contribution >= 4 is 32.5 Å². The van der Waals surface area contributed by atoms with Gasteiger partial charge in [0.25, 0.3) is 5.56 Å². The van der Waals surface area contributed by atoms with Gasteiger partial charge in [0.05, 0.1) is 33.9 Å². The molecule has 7 nitrogen and oxygen atoms in total. The third-order valence-electron chi connectivity index (χ3n) is 4.42. The van der Waals surface area contributed by atoms with E-state index in [1.165, 1.54) is 15.9 Å². The molecule has 28 heavy (non-hydrogen) atoms. The quantitative estimate of drug-likeness (QED) is 0.683. The van der Waals surface area contributed by atoms with Gasteiger partial charge < -0.3 is 5.73 Å². The summed E-state index contributed by atoms with van der Waals surface area (Å²) in [5.41, 5.74) is 7.52. The molecule has 9 heteroatoms. The molecule has 1 aromatic heterocycles. The van der Waals surface area contributed by atoms with E-state index in [9.17, 15) is 13.2 Å². The van der Waals surface area contributed by atoms with Gasteiger partial charge in [-0.3, -0.25) is 9.36 Å². The van der Waals surface area contributed by atoms with Gasteiger partial charge in [-0.2, -0.15) is 0 Å². The average Bonchev–Trinajstić information content (AvgIpc) is 2.60. The zero-order chi connectivity index (χ0) is 20.6. The zero-order valence-corrected chi connectivity index (χ0v) is 17.3. The molecule has 0 fully saturated rings. The minimum Gasteiger partial charge on any atom is -0.322 e. The molecule has 0 spiro atoms. The Morgan fingerprint density at radius 2 is 1.93 bits per heavy atom. The molecule has 0 saturated carbocycles. The van der Waals surface area contributed by atoms with Gasteiger partial charge in [0, 0.05) is 13.6 Å². The first-order chi connectivity index (χ1) is 13.1. The van der Waals surface area contributed by atoms with Crippen molar-refractivity contribution in [2.45, 2.75) is 19.5 Å². The maximum Gasteiger partial charge on any atom is 0.267 e. The molecule has 1 unspecified atom stereocenters. The van der Waals surface area contributed by atoms with Crippen LogP contribution in [0.1, 0.15) is 24.4 Å². The minimum absolute atomic E-state index is 0.177. The van der Waals surface area contributed by atoms with Gasteiger partial charge in [0.1, 0.15) is 5.82 Å². The normalized spacial score (nSPS) is 13.2. The van der Waals surface area contributed by atoms with Crippen molar-refractivity contribution < 1.29 is 8.42 Å². The second-order valence-electron chi connectivity index (χ2n) is 6.72. The fourth-order valence-electron chi connectivity index (χ4n) is 2.93. The number of hydrogen-bond donors (Lipinski definition) is 1. The maximum absolute atomic E-state index is 13.2. The SMILES string of the molecule is CC(N)c1nc2cccc(Cl)c2c(=O)n1-c1cccc(CN(C)S(C)(=O)=O)c1. The van der Waals surface area contributed by atoms with Gasteiger partial charge in [0.2, 0.25) is 10.0 Å². The second kappa shape index (κ2) is 7.63. The predicted molar refractivity (Wildman–Crippen MR) is 111 cm³/mol. The first-order valence-corrected chi connectivity index (χ1v) is 10.8. The lowest BCUT2D eigenvalue weighted by Crippen LogP contribution is -2.28. The van der Waals surface area contributed by atoms with Crippen molar-refractivity contribution in [2.24, 2.45) is 5.73 Å². The molecule has 3 rings (SSSR count). The monoisotopic (exact) mass is 420 g/mol. The summed E-state index contributed by atoms with van der Waals surface area (Å²) >= 11 is 6.25. The highest BCUT2D eigenvalue weighted by Crippen LogP contribution is 2.22. The molecule has 2 N–H and O–H groups in total. The van der Waals surface area contributed by atoms with Crippen LogP contribution in [-0.4, -0.2) is 35.6 Å². The zero-order valence-electron chi connectivity index (χ0n) is 15.8. The van der Waals surface area contributed by atoms with Crippen LogP contribution in [0.4, 0.5) is 0 Å². The Labute approximate surface area is 168 Å². The molecule has 148 valence electrons. The number of hydrogen-bond acceptors (Lipinski definition) is 5. The van der Waals surface area contributed by atoms with Crippen molar-refractivity contribution in [3.63, 3.8) is 0 Å². The van der Waals surface area contributed by atoms with E-state index in [1.807, 2.05) is 0 Å². The summed E-state index contributed by atoms with van der Waals surface area (Å²) in [7, 11) is -1.83. The molecule has 3 aromatic rings. The molecule has 2 aromatic carbocycles. The molecule has 0 amide bonds. The van der Waals surface area contributed by atoms with Crippen LogP contribution < -0.4 is 11.3 Å². The lowest BCUT2D eigenvalue weighted by molar-refractivity contribution is 0.472. The summed E-state index contributed by atoms with van der Waals surface area (Å²) in [5.74, 6) is 0.397. The highest BCUT2D eigenvalue weighted by Gasteiger charge is 2.18. The van der Waals surface area contributed by atoms with Crippen LogP contribution in [0.15, 0.2) is 47.3 Å². The number of benzene rings is 2. The Morgan fingerprint density at radius 3 is 2.57 bits per heavy atom. The van der Waals surface area contributed by atoms with Gasteiger partial charge in [-0.05, 0) is 36.8 Å². The van der Waals surface area contributed by atoms with Gasteiger partial charge in [0.15, 0.2) is 0 Å². The Morgan fingerprint density at radius 1 is 1.25 bits per heavy atom. The van der Waals surface area contributed by atoms with Crippen molar-refractivity contribution in [1.82, 2.24) is 13.9 Å². The van der Waals surface area contributed by atoms with Gasteiger partial charge in [-0.25, -0.2) is 17.7 Å². The van der Waals surface area contributed by atoms with E-state index in [4.69, 9.17) is 17.3 Å². The molecule has 0 radical (unpaired) electrons. The number of sulfonamides is 1.